The molecule has 116 valence electrons. The predicted octanol–water partition coefficient (Wildman–Crippen LogP) is 1.87. The van der Waals surface area contributed by atoms with Gasteiger partial charge in [-0.15, -0.1) is 0 Å². The maximum Gasteiger partial charge on any atom is 0.122 e. The van der Waals surface area contributed by atoms with Gasteiger partial charge in [-0.25, -0.2) is 0 Å². The molecule has 1 aromatic heterocycles. The van der Waals surface area contributed by atoms with Gasteiger partial charge >= 0.3 is 0 Å². The van der Waals surface area contributed by atoms with Crippen molar-refractivity contribution in [1.29, 1.82) is 0 Å². The van der Waals surface area contributed by atoms with Crippen LogP contribution in [-0.4, -0.2) is 51.5 Å². The molecule has 20 heavy (non-hydrogen) atoms. The summed E-state index contributed by atoms with van der Waals surface area (Å²) >= 11 is 0. The van der Waals surface area contributed by atoms with E-state index in [2.05, 4.69) is 24.1 Å². The van der Waals surface area contributed by atoms with Crippen molar-refractivity contribution in [1.82, 2.24) is 10.2 Å². The molecule has 1 aromatic rings. The van der Waals surface area contributed by atoms with Gasteiger partial charge in [-0.1, -0.05) is 6.92 Å². The number of furan rings is 1. The highest BCUT2D eigenvalue weighted by Crippen LogP contribution is 2.15. The van der Waals surface area contributed by atoms with Crippen LogP contribution in [0, 0.1) is 0 Å². The molecule has 0 aliphatic rings. The lowest BCUT2D eigenvalue weighted by molar-refractivity contribution is 0.0661. The van der Waals surface area contributed by atoms with Crippen LogP contribution in [0.3, 0.4) is 0 Å². The molecule has 0 aliphatic heterocycles. The maximum atomic E-state index is 5.64. The molecule has 1 rings (SSSR count). The van der Waals surface area contributed by atoms with Crippen LogP contribution >= 0.6 is 0 Å². The SMILES string of the molecule is CCNCc1ccoc1CN(CCOC)C(C)COC. The molecular weight excluding hydrogens is 256 g/mol. The van der Waals surface area contributed by atoms with Crippen molar-refractivity contribution in [3.8, 4) is 0 Å². The summed E-state index contributed by atoms with van der Waals surface area (Å²) in [6, 6.07) is 2.36. The van der Waals surface area contributed by atoms with E-state index in [4.69, 9.17) is 13.9 Å². The molecule has 0 saturated heterocycles. The van der Waals surface area contributed by atoms with E-state index in [9.17, 15) is 0 Å². The van der Waals surface area contributed by atoms with Crippen molar-refractivity contribution in [2.75, 3.05) is 40.5 Å². The van der Waals surface area contributed by atoms with Gasteiger partial charge in [-0.2, -0.15) is 0 Å². The lowest BCUT2D eigenvalue weighted by Crippen LogP contribution is -2.38. The first-order valence-electron chi connectivity index (χ1n) is 7.20. The van der Waals surface area contributed by atoms with E-state index in [-0.39, 0.29) is 0 Å². The molecule has 1 unspecified atom stereocenters. The second kappa shape index (κ2) is 9.94. The Kier molecular flexibility index (Phi) is 8.53. The first kappa shape index (κ1) is 17.2. The summed E-state index contributed by atoms with van der Waals surface area (Å²) in [5.41, 5.74) is 1.22. The van der Waals surface area contributed by atoms with Crippen LogP contribution in [0.5, 0.6) is 0 Å². The number of methoxy groups -OCH3 is 2. The lowest BCUT2D eigenvalue weighted by Gasteiger charge is -2.27. The molecule has 5 nitrogen and oxygen atoms in total. The molecule has 0 fully saturated rings. The normalized spacial score (nSPS) is 13.1. The summed E-state index contributed by atoms with van der Waals surface area (Å²) in [5.74, 6) is 1.02. The molecule has 0 saturated carbocycles. The predicted molar refractivity (Wildman–Crippen MR) is 79.7 cm³/mol. The van der Waals surface area contributed by atoms with Gasteiger partial charge in [0.05, 0.1) is 26.0 Å². The topological polar surface area (TPSA) is 46.9 Å². The minimum absolute atomic E-state index is 0.326. The lowest BCUT2D eigenvalue weighted by atomic mass is 10.2. The minimum Gasteiger partial charge on any atom is -0.468 e. The second-order valence-electron chi connectivity index (χ2n) is 4.92. The zero-order valence-corrected chi connectivity index (χ0v) is 13.1. The number of hydrogen-bond acceptors (Lipinski definition) is 5. The molecule has 5 heteroatoms. The molecule has 1 atom stereocenters. The first-order valence-corrected chi connectivity index (χ1v) is 7.20. The summed E-state index contributed by atoms with van der Waals surface area (Å²) < 4.78 is 16.1. The van der Waals surface area contributed by atoms with Crippen LogP contribution in [0.4, 0.5) is 0 Å². The van der Waals surface area contributed by atoms with Gasteiger partial charge in [-0.05, 0) is 19.5 Å². The Balaban J connectivity index is 2.65. The molecule has 0 aromatic carbocycles. The molecule has 0 amide bonds. The zero-order valence-electron chi connectivity index (χ0n) is 13.1. The highest BCUT2D eigenvalue weighted by atomic mass is 16.5. The van der Waals surface area contributed by atoms with Gasteiger partial charge in [0.2, 0.25) is 0 Å². The Labute approximate surface area is 122 Å². The van der Waals surface area contributed by atoms with Crippen molar-refractivity contribution in [3.05, 3.63) is 23.7 Å². The third kappa shape index (κ3) is 5.63. The standard InChI is InChI=1S/C15H28N2O3/c1-5-16-10-14-6-8-20-15(14)11-17(7-9-18-3)13(2)12-19-4/h6,8,13,16H,5,7,9-12H2,1-4H3. The Hall–Kier alpha value is -0.880. The van der Waals surface area contributed by atoms with Gasteiger partial charge in [0.1, 0.15) is 5.76 Å². The summed E-state index contributed by atoms with van der Waals surface area (Å²) in [5, 5.41) is 3.33. The summed E-state index contributed by atoms with van der Waals surface area (Å²) in [7, 11) is 3.46. The Morgan fingerprint density at radius 3 is 2.80 bits per heavy atom. The summed E-state index contributed by atoms with van der Waals surface area (Å²) in [4.78, 5) is 2.32. The Morgan fingerprint density at radius 2 is 2.15 bits per heavy atom. The van der Waals surface area contributed by atoms with E-state index in [1.165, 1.54) is 5.56 Å². The molecule has 0 bridgehead atoms. The zero-order chi connectivity index (χ0) is 14.8. The van der Waals surface area contributed by atoms with Crippen molar-refractivity contribution in [2.24, 2.45) is 0 Å². The fourth-order valence-electron chi connectivity index (χ4n) is 2.12. The van der Waals surface area contributed by atoms with Crippen LogP contribution < -0.4 is 5.32 Å². The molecule has 1 heterocycles. The molecule has 0 aliphatic carbocycles. The summed E-state index contributed by atoms with van der Waals surface area (Å²) in [6.45, 7) is 9.11. The van der Waals surface area contributed by atoms with Crippen LogP contribution in [0.25, 0.3) is 0 Å². The number of rotatable bonds is 11. The van der Waals surface area contributed by atoms with Crippen molar-refractivity contribution in [2.45, 2.75) is 33.0 Å². The molecule has 1 N–H and O–H groups in total. The molecule has 0 radical (unpaired) electrons. The third-order valence-corrected chi connectivity index (χ3v) is 3.36. The van der Waals surface area contributed by atoms with E-state index < -0.39 is 0 Å². The van der Waals surface area contributed by atoms with Crippen LogP contribution in [0.2, 0.25) is 0 Å². The van der Waals surface area contributed by atoms with E-state index >= 15 is 0 Å². The van der Waals surface area contributed by atoms with E-state index in [0.29, 0.717) is 19.3 Å². The van der Waals surface area contributed by atoms with E-state index in [0.717, 1.165) is 31.9 Å². The largest absolute Gasteiger partial charge is 0.468 e. The number of nitrogens with one attached hydrogen (secondary N) is 1. The summed E-state index contributed by atoms with van der Waals surface area (Å²) in [6.07, 6.45) is 1.76. The highest BCUT2D eigenvalue weighted by Gasteiger charge is 2.17. The van der Waals surface area contributed by atoms with Crippen LogP contribution in [0.15, 0.2) is 16.7 Å². The van der Waals surface area contributed by atoms with Gasteiger partial charge in [0.25, 0.3) is 0 Å². The van der Waals surface area contributed by atoms with E-state index in [1.54, 1.807) is 20.5 Å². The van der Waals surface area contributed by atoms with Crippen molar-refractivity contribution in [3.63, 3.8) is 0 Å². The van der Waals surface area contributed by atoms with Crippen LogP contribution in [-0.2, 0) is 22.6 Å². The number of hydrogen-bond donors (Lipinski definition) is 1. The first-order chi connectivity index (χ1) is 9.72. The van der Waals surface area contributed by atoms with Crippen molar-refractivity contribution < 1.29 is 13.9 Å². The van der Waals surface area contributed by atoms with E-state index in [1.807, 2.05) is 6.07 Å². The second-order valence-corrected chi connectivity index (χ2v) is 4.92. The number of ether oxygens (including phenoxy) is 2. The maximum absolute atomic E-state index is 5.64. The molecule has 0 spiro atoms. The fourth-order valence-corrected chi connectivity index (χ4v) is 2.12. The average Bonchev–Trinajstić information content (AvgIpc) is 2.88. The monoisotopic (exact) mass is 284 g/mol. The Bertz CT molecular complexity index is 355. The van der Waals surface area contributed by atoms with Crippen molar-refractivity contribution >= 4 is 0 Å². The Morgan fingerprint density at radius 1 is 1.35 bits per heavy atom. The van der Waals surface area contributed by atoms with Gasteiger partial charge in [0.15, 0.2) is 0 Å². The number of nitrogens with zero attached hydrogens (tertiary/aromatic N) is 1. The average molecular weight is 284 g/mol. The minimum atomic E-state index is 0.326. The fraction of sp³-hybridized carbons (Fsp3) is 0.733. The van der Waals surface area contributed by atoms with Gasteiger partial charge < -0.3 is 19.2 Å². The molecular formula is C15H28N2O3. The third-order valence-electron chi connectivity index (χ3n) is 3.36. The van der Waals surface area contributed by atoms with Gasteiger partial charge in [0, 0.05) is 38.9 Å². The highest BCUT2D eigenvalue weighted by molar-refractivity contribution is 5.16. The van der Waals surface area contributed by atoms with Gasteiger partial charge in [-0.3, -0.25) is 4.90 Å². The quantitative estimate of drug-likeness (QED) is 0.672. The smallest absolute Gasteiger partial charge is 0.122 e. The van der Waals surface area contributed by atoms with Crippen LogP contribution in [0.1, 0.15) is 25.2 Å².